The Hall–Kier alpha value is -3.87. The summed E-state index contributed by atoms with van der Waals surface area (Å²) in [6.45, 7) is 0.586. The second-order valence-electron chi connectivity index (χ2n) is 7.95. The van der Waals surface area contributed by atoms with Gasteiger partial charge < -0.3 is 9.73 Å². The van der Waals surface area contributed by atoms with Crippen molar-refractivity contribution in [2.75, 3.05) is 6.54 Å². The minimum atomic E-state index is -0.420. The van der Waals surface area contributed by atoms with Crippen LogP contribution in [0, 0.1) is 0 Å². The summed E-state index contributed by atoms with van der Waals surface area (Å²) in [5, 5.41) is 7.49. The van der Waals surface area contributed by atoms with Gasteiger partial charge in [-0.1, -0.05) is 60.7 Å². The molecule has 2 aromatic carbocycles. The molecular formula is C25H24N4O3. The van der Waals surface area contributed by atoms with Crippen molar-refractivity contribution in [1.82, 2.24) is 19.7 Å². The standard InChI is InChI=1S/C25H24N4O3/c30-24(22(18-8-3-1-4-9-18)19-10-5-2-6-11-19)26-15-16-28-25(31)29(20-13-14-20)23(27-28)21-12-7-17-32-21/h1-12,17,20,22H,13-16H2,(H,26,30). The number of hydrogen-bond acceptors (Lipinski definition) is 4. The van der Waals surface area contributed by atoms with Crippen LogP contribution in [0.1, 0.15) is 35.9 Å². The summed E-state index contributed by atoms with van der Waals surface area (Å²) in [5.41, 5.74) is 1.67. The van der Waals surface area contributed by atoms with Crippen molar-refractivity contribution in [1.29, 1.82) is 0 Å². The molecule has 1 N–H and O–H groups in total. The number of amides is 1. The van der Waals surface area contributed by atoms with Gasteiger partial charge in [-0.05, 0) is 36.1 Å². The van der Waals surface area contributed by atoms with Gasteiger partial charge in [0.05, 0.1) is 18.7 Å². The van der Waals surface area contributed by atoms with E-state index in [1.165, 1.54) is 4.68 Å². The third-order valence-electron chi connectivity index (χ3n) is 5.67. The van der Waals surface area contributed by atoms with Gasteiger partial charge in [0.2, 0.25) is 11.7 Å². The second-order valence-corrected chi connectivity index (χ2v) is 7.95. The van der Waals surface area contributed by atoms with Crippen molar-refractivity contribution < 1.29 is 9.21 Å². The van der Waals surface area contributed by atoms with E-state index in [-0.39, 0.29) is 24.2 Å². The summed E-state index contributed by atoms with van der Waals surface area (Å²) in [5.74, 6) is 0.588. The molecule has 1 aliphatic carbocycles. The summed E-state index contributed by atoms with van der Waals surface area (Å²) in [7, 11) is 0. The van der Waals surface area contributed by atoms with Gasteiger partial charge in [-0.3, -0.25) is 9.36 Å². The minimum Gasteiger partial charge on any atom is -0.461 e. The van der Waals surface area contributed by atoms with Gasteiger partial charge in [0.1, 0.15) is 0 Å². The molecule has 1 aliphatic rings. The van der Waals surface area contributed by atoms with E-state index in [4.69, 9.17) is 4.42 Å². The van der Waals surface area contributed by atoms with Crippen LogP contribution >= 0.6 is 0 Å². The Morgan fingerprint density at radius 1 is 1.00 bits per heavy atom. The molecule has 2 aromatic heterocycles. The fraction of sp³-hybridized carbons (Fsp3) is 0.240. The van der Waals surface area contributed by atoms with Crippen LogP contribution in [0.5, 0.6) is 0 Å². The molecule has 0 aliphatic heterocycles. The van der Waals surface area contributed by atoms with Gasteiger partial charge in [0.15, 0.2) is 5.76 Å². The van der Waals surface area contributed by atoms with E-state index >= 15 is 0 Å². The molecule has 32 heavy (non-hydrogen) atoms. The molecule has 0 unspecified atom stereocenters. The first-order valence-electron chi connectivity index (χ1n) is 10.8. The molecule has 7 heteroatoms. The molecule has 0 atom stereocenters. The Labute approximate surface area is 185 Å². The molecule has 0 radical (unpaired) electrons. The smallest absolute Gasteiger partial charge is 0.346 e. The Morgan fingerprint density at radius 2 is 1.66 bits per heavy atom. The van der Waals surface area contributed by atoms with Crippen molar-refractivity contribution in [2.24, 2.45) is 0 Å². The lowest BCUT2D eigenvalue weighted by Gasteiger charge is -2.17. The Kier molecular flexibility index (Phi) is 5.46. The third-order valence-corrected chi connectivity index (χ3v) is 5.67. The number of benzene rings is 2. The second kappa shape index (κ2) is 8.70. The molecule has 2 heterocycles. The molecule has 1 saturated carbocycles. The summed E-state index contributed by atoms with van der Waals surface area (Å²) < 4.78 is 8.59. The Morgan fingerprint density at radius 3 is 2.22 bits per heavy atom. The van der Waals surface area contributed by atoms with E-state index in [2.05, 4.69) is 10.4 Å². The van der Waals surface area contributed by atoms with Crippen LogP contribution in [-0.2, 0) is 11.3 Å². The predicted molar refractivity (Wildman–Crippen MR) is 120 cm³/mol. The van der Waals surface area contributed by atoms with Crippen LogP contribution in [0.3, 0.4) is 0 Å². The highest BCUT2D eigenvalue weighted by Gasteiger charge is 2.31. The minimum absolute atomic E-state index is 0.108. The van der Waals surface area contributed by atoms with Crippen LogP contribution in [0.4, 0.5) is 0 Å². The van der Waals surface area contributed by atoms with Gasteiger partial charge in [0, 0.05) is 12.6 Å². The SMILES string of the molecule is O=C(NCCn1nc(-c2ccco2)n(C2CC2)c1=O)C(c1ccccc1)c1ccccc1. The molecule has 0 spiro atoms. The highest BCUT2D eigenvalue weighted by atomic mass is 16.3. The molecule has 0 bridgehead atoms. The maximum absolute atomic E-state index is 13.2. The van der Waals surface area contributed by atoms with E-state index in [1.54, 1.807) is 23.0 Å². The van der Waals surface area contributed by atoms with Crippen molar-refractivity contribution in [3.05, 3.63) is 101 Å². The third kappa shape index (κ3) is 4.01. The lowest BCUT2D eigenvalue weighted by atomic mass is 9.90. The fourth-order valence-corrected chi connectivity index (χ4v) is 3.97. The number of carbonyl (C=O) groups is 1. The number of hydrogen-bond donors (Lipinski definition) is 1. The summed E-state index contributed by atoms with van der Waals surface area (Å²) in [6, 6.07) is 23.2. The Bertz CT molecular complexity index is 1200. The fourth-order valence-electron chi connectivity index (χ4n) is 3.97. The van der Waals surface area contributed by atoms with Crippen LogP contribution < -0.4 is 11.0 Å². The lowest BCUT2D eigenvalue weighted by Crippen LogP contribution is -2.35. The highest BCUT2D eigenvalue weighted by molar-refractivity contribution is 5.87. The van der Waals surface area contributed by atoms with Crippen LogP contribution in [-0.4, -0.2) is 26.8 Å². The molecule has 162 valence electrons. The maximum Gasteiger partial charge on any atom is 0.346 e. The summed E-state index contributed by atoms with van der Waals surface area (Å²) in [6.07, 6.45) is 3.50. The van der Waals surface area contributed by atoms with Gasteiger partial charge in [-0.15, -0.1) is 5.10 Å². The maximum atomic E-state index is 13.2. The number of furan rings is 1. The van der Waals surface area contributed by atoms with Gasteiger partial charge >= 0.3 is 5.69 Å². The van der Waals surface area contributed by atoms with Gasteiger partial charge in [-0.25, -0.2) is 9.48 Å². The molecule has 7 nitrogen and oxygen atoms in total. The average Bonchev–Trinajstić information content (AvgIpc) is 3.39. The average molecular weight is 428 g/mol. The zero-order valence-corrected chi connectivity index (χ0v) is 17.6. The quantitative estimate of drug-likeness (QED) is 0.465. The van der Waals surface area contributed by atoms with E-state index in [1.807, 2.05) is 60.7 Å². The molecule has 1 amide bonds. The van der Waals surface area contributed by atoms with Gasteiger partial charge in [0.25, 0.3) is 0 Å². The number of rotatable bonds is 8. The first kappa shape index (κ1) is 20.1. The largest absolute Gasteiger partial charge is 0.461 e. The van der Waals surface area contributed by atoms with Gasteiger partial charge in [-0.2, -0.15) is 0 Å². The monoisotopic (exact) mass is 428 g/mol. The van der Waals surface area contributed by atoms with E-state index in [0.717, 1.165) is 24.0 Å². The van der Waals surface area contributed by atoms with Crippen molar-refractivity contribution >= 4 is 5.91 Å². The summed E-state index contributed by atoms with van der Waals surface area (Å²) >= 11 is 0. The topological polar surface area (TPSA) is 82.1 Å². The zero-order valence-electron chi connectivity index (χ0n) is 17.6. The molecule has 0 saturated heterocycles. The van der Waals surface area contributed by atoms with E-state index in [0.29, 0.717) is 18.1 Å². The summed E-state index contributed by atoms with van der Waals surface area (Å²) in [4.78, 5) is 26.1. The number of nitrogens with one attached hydrogen (secondary N) is 1. The van der Waals surface area contributed by atoms with Crippen LogP contribution in [0.15, 0.2) is 88.3 Å². The molecule has 1 fully saturated rings. The predicted octanol–water partition coefficient (Wildman–Crippen LogP) is 3.59. The first-order valence-corrected chi connectivity index (χ1v) is 10.8. The zero-order chi connectivity index (χ0) is 21.9. The number of aromatic nitrogens is 3. The Balaban J connectivity index is 1.33. The molecule has 5 rings (SSSR count). The highest BCUT2D eigenvalue weighted by Crippen LogP contribution is 2.36. The van der Waals surface area contributed by atoms with Crippen LogP contribution in [0.25, 0.3) is 11.6 Å². The molecule has 4 aromatic rings. The van der Waals surface area contributed by atoms with Crippen molar-refractivity contribution in [2.45, 2.75) is 31.3 Å². The van der Waals surface area contributed by atoms with E-state index < -0.39 is 5.92 Å². The first-order chi connectivity index (χ1) is 15.7. The van der Waals surface area contributed by atoms with Crippen LogP contribution in [0.2, 0.25) is 0 Å². The van der Waals surface area contributed by atoms with Crippen molar-refractivity contribution in [3.8, 4) is 11.6 Å². The van der Waals surface area contributed by atoms with E-state index in [9.17, 15) is 9.59 Å². The van der Waals surface area contributed by atoms with Crippen molar-refractivity contribution in [3.63, 3.8) is 0 Å². The normalized spacial score (nSPS) is 13.4. The number of nitrogens with zero attached hydrogens (tertiary/aromatic N) is 3. The molecular weight excluding hydrogens is 404 g/mol. The number of carbonyl (C=O) groups excluding carboxylic acids is 1. The lowest BCUT2D eigenvalue weighted by molar-refractivity contribution is -0.121.